The highest BCUT2D eigenvalue weighted by Gasteiger charge is 2.14. The molecule has 2 heterocycles. The molecule has 0 unspecified atom stereocenters. The molecule has 134 valence electrons. The summed E-state index contributed by atoms with van der Waals surface area (Å²) in [5.74, 6) is 1.01. The second-order valence-electron chi connectivity index (χ2n) is 5.98. The van der Waals surface area contributed by atoms with Gasteiger partial charge in [-0.2, -0.15) is 9.50 Å². The van der Waals surface area contributed by atoms with E-state index >= 15 is 0 Å². The van der Waals surface area contributed by atoms with Crippen molar-refractivity contribution in [3.63, 3.8) is 0 Å². The minimum Gasteiger partial charge on any atom is -0.497 e. The smallest absolute Gasteiger partial charge is 0.258 e. The summed E-state index contributed by atoms with van der Waals surface area (Å²) >= 11 is 0. The number of methoxy groups -OCH3 is 1. The molecule has 4 aromatic rings. The van der Waals surface area contributed by atoms with Gasteiger partial charge in [-0.1, -0.05) is 30.3 Å². The number of hydrogen-bond acceptors (Lipinski definition) is 5. The first-order chi connectivity index (χ1) is 13.1. The molecule has 0 radical (unpaired) electrons. The second kappa shape index (κ2) is 6.87. The predicted octanol–water partition coefficient (Wildman–Crippen LogP) is 3.36. The number of hydrogen-bond donors (Lipinski definition) is 1. The van der Waals surface area contributed by atoms with Gasteiger partial charge in [-0.05, 0) is 37.3 Å². The molecule has 0 aliphatic rings. The summed E-state index contributed by atoms with van der Waals surface area (Å²) in [4.78, 5) is 21.2. The van der Waals surface area contributed by atoms with Gasteiger partial charge >= 0.3 is 0 Å². The van der Waals surface area contributed by atoms with Crippen molar-refractivity contribution in [3.8, 4) is 17.0 Å². The molecule has 2 aromatic heterocycles. The Morgan fingerprint density at radius 2 is 1.78 bits per heavy atom. The third kappa shape index (κ3) is 3.35. The van der Waals surface area contributed by atoms with Crippen LogP contribution in [0.4, 0.5) is 5.95 Å². The first-order valence-electron chi connectivity index (χ1n) is 8.39. The zero-order valence-corrected chi connectivity index (χ0v) is 14.9. The molecule has 0 saturated carbocycles. The van der Waals surface area contributed by atoms with Crippen molar-refractivity contribution in [1.29, 1.82) is 0 Å². The van der Waals surface area contributed by atoms with Gasteiger partial charge in [0.1, 0.15) is 5.75 Å². The van der Waals surface area contributed by atoms with Crippen LogP contribution < -0.4 is 10.1 Å². The van der Waals surface area contributed by atoms with Crippen LogP contribution in [0.2, 0.25) is 0 Å². The highest BCUT2D eigenvalue weighted by atomic mass is 16.5. The van der Waals surface area contributed by atoms with Gasteiger partial charge in [0.25, 0.3) is 17.6 Å². The minimum absolute atomic E-state index is 0.200. The fourth-order valence-electron chi connectivity index (χ4n) is 2.77. The molecule has 0 aliphatic heterocycles. The third-order valence-electron chi connectivity index (χ3n) is 4.09. The highest BCUT2D eigenvalue weighted by molar-refractivity contribution is 6.03. The van der Waals surface area contributed by atoms with E-state index in [9.17, 15) is 4.79 Å². The maximum absolute atomic E-state index is 12.5. The van der Waals surface area contributed by atoms with Crippen molar-refractivity contribution in [3.05, 3.63) is 71.9 Å². The molecule has 0 bridgehead atoms. The van der Waals surface area contributed by atoms with Crippen molar-refractivity contribution in [2.75, 3.05) is 12.4 Å². The van der Waals surface area contributed by atoms with E-state index in [1.54, 1.807) is 35.9 Å². The lowest BCUT2D eigenvalue weighted by Gasteiger charge is -2.04. The average molecular weight is 359 g/mol. The van der Waals surface area contributed by atoms with Crippen LogP contribution in [0.5, 0.6) is 5.75 Å². The van der Waals surface area contributed by atoms with Crippen LogP contribution in [0.1, 0.15) is 16.1 Å². The Hall–Kier alpha value is -3.74. The maximum Gasteiger partial charge on any atom is 0.258 e. The summed E-state index contributed by atoms with van der Waals surface area (Å²) in [6.45, 7) is 1.90. The fraction of sp³-hybridized carbons (Fsp3) is 0.100. The normalized spacial score (nSPS) is 10.7. The first kappa shape index (κ1) is 16.7. The Balaban J connectivity index is 1.68. The Labute approximate surface area is 155 Å². The van der Waals surface area contributed by atoms with Crippen LogP contribution in [-0.4, -0.2) is 32.6 Å². The zero-order chi connectivity index (χ0) is 18.8. The molecule has 0 saturated heterocycles. The number of fused-ring (bicyclic) bond motifs is 1. The van der Waals surface area contributed by atoms with E-state index in [1.165, 1.54) is 0 Å². The number of ether oxygens (including phenoxy) is 1. The molecule has 0 aliphatic carbocycles. The van der Waals surface area contributed by atoms with Crippen molar-refractivity contribution in [1.82, 2.24) is 19.6 Å². The van der Waals surface area contributed by atoms with Crippen LogP contribution in [0.25, 0.3) is 17.0 Å². The number of rotatable bonds is 4. The average Bonchev–Trinajstić information content (AvgIpc) is 3.10. The van der Waals surface area contributed by atoms with Gasteiger partial charge in [-0.25, -0.2) is 4.98 Å². The summed E-state index contributed by atoms with van der Waals surface area (Å²) in [5, 5.41) is 7.14. The van der Waals surface area contributed by atoms with E-state index in [0.29, 0.717) is 17.1 Å². The third-order valence-corrected chi connectivity index (χ3v) is 4.09. The summed E-state index contributed by atoms with van der Waals surface area (Å²) in [5.41, 5.74) is 3.16. The number of anilines is 1. The summed E-state index contributed by atoms with van der Waals surface area (Å²) < 4.78 is 6.74. The second-order valence-corrected chi connectivity index (χ2v) is 5.98. The highest BCUT2D eigenvalue weighted by Crippen LogP contribution is 2.21. The molecular weight excluding hydrogens is 342 g/mol. The van der Waals surface area contributed by atoms with Gasteiger partial charge < -0.3 is 4.74 Å². The fourth-order valence-corrected chi connectivity index (χ4v) is 2.77. The molecule has 1 N–H and O–H groups in total. The molecule has 2 aromatic carbocycles. The Morgan fingerprint density at radius 1 is 1.04 bits per heavy atom. The van der Waals surface area contributed by atoms with E-state index in [1.807, 2.05) is 43.3 Å². The van der Waals surface area contributed by atoms with Gasteiger partial charge in [0.05, 0.1) is 12.8 Å². The van der Waals surface area contributed by atoms with E-state index in [2.05, 4.69) is 20.4 Å². The Kier molecular flexibility index (Phi) is 4.25. The number of amides is 1. The van der Waals surface area contributed by atoms with E-state index in [-0.39, 0.29) is 11.9 Å². The van der Waals surface area contributed by atoms with Gasteiger partial charge in [0.2, 0.25) is 0 Å². The maximum atomic E-state index is 12.5. The largest absolute Gasteiger partial charge is 0.497 e. The van der Waals surface area contributed by atoms with Crippen LogP contribution in [0, 0.1) is 6.92 Å². The summed E-state index contributed by atoms with van der Waals surface area (Å²) in [6.07, 6.45) is 0. The van der Waals surface area contributed by atoms with Crippen LogP contribution in [0.15, 0.2) is 60.7 Å². The number of nitrogens with one attached hydrogen (secondary N) is 1. The lowest BCUT2D eigenvalue weighted by atomic mass is 10.1. The number of carbonyl (C=O) groups excluding carboxylic acids is 1. The topological polar surface area (TPSA) is 81.4 Å². The zero-order valence-electron chi connectivity index (χ0n) is 14.9. The Morgan fingerprint density at radius 3 is 2.48 bits per heavy atom. The minimum atomic E-state index is -0.299. The number of aryl methyl sites for hydroxylation is 1. The Bertz CT molecular complexity index is 1100. The standard InChI is InChI=1S/C20H17N5O2/c1-13-12-17(14-6-4-3-5-7-14)25-20(21-13)23-19(24-25)22-18(26)15-8-10-16(27-2)11-9-15/h3-12H,1-2H3,(H,22,24,26). The molecule has 7 nitrogen and oxygen atoms in total. The lowest BCUT2D eigenvalue weighted by molar-refractivity contribution is 0.102. The summed E-state index contributed by atoms with van der Waals surface area (Å²) in [7, 11) is 1.58. The summed E-state index contributed by atoms with van der Waals surface area (Å²) in [6, 6.07) is 18.6. The number of carbonyl (C=O) groups is 1. The van der Waals surface area contributed by atoms with E-state index in [0.717, 1.165) is 17.0 Å². The number of benzene rings is 2. The van der Waals surface area contributed by atoms with E-state index in [4.69, 9.17) is 4.74 Å². The molecular formula is C20H17N5O2. The molecule has 1 amide bonds. The SMILES string of the molecule is COc1ccc(C(=O)Nc2nc3nc(C)cc(-c4ccccc4)n3n2)cc1. The first-order valence-corrected chi connectivity index (χ1v) is 8.39. The molecule has 7 heteroatoms. The number of nitrogens with zero attached hydrogens (tertiary/aromatic N) is 4. The van der Waals surface area contributed by atoms with Crippen LogP contribution in [-0.2, 0) is 0 Å². The van der Waals surface area contributed by atoms with Crippen molar-refractivity contribution < 1.29 is 9.53 Å². The molecule has 0 spiro atoms. The van der Waals surface area contributed by atoms with E-state index < -0.39 is 0 Å². The van der Waals surface area contributed by atoms with Crippen LogP contribution in [0.3, 0.4) is 0 Å². The van der Waals surface area contributed by atoms with Crippen LogP contribution >= 0.6 is 0 Å². The van der Waals surface area contributed by atoms with Gasteiger partial charge in [0.15, 0.2) is 0 Å². The van der Waals surface area contributed by atoms with Gasteiger partial charge in [0, 0.05) is 16.8 Å². The van der Waals surface area contributed by atoms with Gasteiger partial charge in [-0.15, -0.1) is 5.10 Å². The predicted molar refractivity (Wildman–Crippen MR) is 102 cm³/mol. The quantitative estimate of drug-likeness (QED) is 0.604. The number of aromatic nitrogens is 4. The lowest BCUT2D eigenvalue weighted by Crippen LogP contribution is -2.13. The monoisotopic (exact) mass is 359 g/mol. The molecule has 27 heavy (non-hydrogen) atoms. The molecule has 4 rings (SSSR count). The van der Waals surface area contributed by atoms with Crippen molar-refractivity contribution in [2.24, 2.45) is 0 Å². The molecule has 0 fully saturated rings. The molecule has 0 atom stereocenters. The van der Waals surface area contributed by atoms with Crippen molar-refractivity contribution >= 4 is 17.6 Å². The van der Waals surface area contributed by atoms with Crippen molar-refractivity contribution in [2.45, 2.75) is 6.92 Å². The van der Waals surface area contributed by atoms with Gasteiger partial charge in [-0.3, -0.25) is 10.1 Å².